The molecule has 0 aromatic carbocycles. The van der Waals surface area contributed by atoms with E-state index in [1.165, 1.54) is 0 Å². The van der Waals surface area contributed by atoms with Crippen LogP contribution >= 0.6 is 0 Å². The van der Waals surface area contributed by atoms with Gasteiger partial charge in [-0.1, -0.05) is 0 Å². The molecule has 0 spiro atoms. The summed E-state index contributed by atoms with van der Waals surface area (Å²) in [6, 6.07) is 0. The quantitative estimate of drug-likeness (QED) is 0.479. The minimum absolute atomic E-state index is 0.396. The Balaban J connectivity index is 3.14. The fraction of sp³-hybridized carbons (Fsp3) is 0.250. The third-order valence-electron chi connectivity index (χ3n) is 0.887. The Kier molecular flexibility index (Phi) is 0.865. The van der Waals surface area contributed by atoms with Crippen molar-refractivity contribution >= 4 is 11.5 Å². The highest BCUT2D eigenvalue weighted by Gasteiger charge is 1.94. The molecule has 0 aliphatic heterocycles. The first-order valence-electron chi connectivity index (χ1n) is 2.25. The van der Waals surface area contributed by atoms with Crippen molar-refractivity contribution in [2.24, 2.45) is 7.05 Å². The van der Waals surface area contributed by atoms with Gasteiger partial charge in [0, 0.05) is 13.2 Å². The van der Waals surface area contributed by atoms with E-state index >= 15 is 0 Å². The van der Waals surface area contributed by atoms with Crippen LogP contribution in [-0.4, -0.2) is 9.78 Å². The first-order chi connectivity index (χ1) is 3.70. The Morgan fingerprint density at radius 2 is 2.25 bits per heavy atom. The van der Waals surface area contributed by atoms with E-state index in [1.54, 1.807) is 17.9 Å². The van der Waals surface area contributed by atoms with Crippen LogP contribution in [0, 0.1) is 0 Å². The molecule has 4 nitrogen and oxygen atoms in total. The molecular weight excluding hydrogens is 104 g/mol. The van der Waals surface area contributed by atoms with Crippen LogP contribution < -0.4 is 11.5 Å². The summed E-state index contributed by atoms with van der Waals surface area (Å²) in [5, 5.41) is 3.78. The van der Waals surface area contributed by atoms with Crippen LogP contribution in [0.3, 0.4) is 0 Å². The second kappa shape index (κ2) is 1.40. The maximum absolute atomic E-state index is 5.33. The first-order valence-corrected chi connectivity index (χ1v) is 2.25. The fourth-order valence-corrected chi connectivity index (χ4v) is 0.524. The van der Waals surface area contributed by atoms with Crippen LogP contribution in [0.1, 0.15) is 0 Å². The minimum atomic E-state index is 0.396. The van der Waals surface area contributed by atoms with Crippen molar-refractivity contribution in [3.8, 4) is 0 Å². The second-order valence-electron chi connectivity index (χ2n) is 1.64. The van der Waals surface area contributed by atoms with Crippen LogP contribution in [0.15, 0.2) is 6.20 Å². The smallest absolute Gasteiger partial charge is 0.168 e. The Morgan fingerprint density at radius 1 is 1.62 bits per heavy atom. The first kappa shape index (κ1) is 4.96. The minimum Gasteiger partial charge on any atom is -0.394 e. The molecule has 0 aliphatic carbocycles. The molecule has 0 aliphatic rings. The number of anilines is 2. The lowest BCUT2D eigenvalue weighted by molar-refractivity contribution is 0.772. The van der Waals surface area contributed by atoms with Crippen LogP contribution in [0.4, 0.5) is 11.5 Å². The summed E-state index contributed by atoms with van der Waals surface area (Å²) in [5.74, 6) is 0.396. The van der Waals surface area contributed by atoms with E-state index in [1.807, 2.05) is 0 Å². The van der Waals surface area contributed by atoms with E-state index in [0.717, 1.165) is 0 Å². The number of aryl methyl sites for hydroxylation is 1. The van der Waals surface area contributed by atoms with Gasteiger partial charge in [-0.15, -0.1) is 0 Å². The van der Waals surface area contributed by atoms with Gasteiger partial charge in [-0.2, -0.15) is 5.10 Å². The van der Waals surface area contributed by atoms with Crippen LogP contribution in [0.25, 0.3) is 0 Å². The van der Waals surface area contributed by atoms with Gasteiger partial charge in [0.1, 0.15) is 0 Å². The summed E-state index contributed by atoms with van der Waals surface area (Å²) in [7, 11) is 1.77. The van der Waals surface area contributed by atoms with Crippen LogP contribution in [0.5, 0.6) is 0 Å². The molecule has 4 N–H and O–H groups in total. The summed E-state index contributed by atoms with van der Waals surface area (Å²) in [6.07, 6.45) is 1.66. The summed E-state index contributed by atoms with van der Waals surface area (Å²) in [5.41, 5.74) is 11.2. The molecule has 4 heteroatoms. The van der Waals surface area contributed by atoms with Gasteiger partial charge in [0.15, 0.2) is 5.82 Å². The number of rotatable bonds is 0. The number of nitrogens with two attached hydrogens (primary N) is 2. The van der Waals surface area contributed by atoms with Gasteiger partial charge in [-0.05, 0) is 0 Å². The molecule has 0 unspecified atom stereocenters. The number of nitrogen functional groups attached to an aromatic ring is 2. The van der Waals surface area contributed by atoms with E-state index in [2.05, 4.69) is 5.10 Å². The zero-order valence-corrected chi connectivity index (χ0v) is 4.63. The van der Waals surface area contributed by atoms with Gasteiger partial charge in [0.05, 0.1) is 5.69 Å². The van der Waals surface area contributed by atoms with Crippen molar-refractivity contribution in [3.63, 3.8) is 0 Å². The Hall–Kier alpha value is -1.19. The number of hydrogen-bond acceptors (Lipinski definition) is 3. The van der Waals surface area contributed by atoms with E-state index in [9.17, 15) is 0 Å². The zero-order valence-electron chi connectivity index (χ0n) is 4.63. The van der Waals surface area contributed by atoms with Gasteiger partial charge in [0.25, 0.3) is 0 Å². The van der Waals surface area contributed by atoms with Gasteiger partial charge in [-0.25, -0.2) is 0 Å². The maximum atomic E-state index is 5.33. The Labute approximate surface area is 47.1 Å². The third kappa shape index (κ3) is 0.598. The second-order valence-corrected chi connectivity index (χ2v) is 1.64. The van der Waals surface area contributed by atoms with Crippen molar-refractivity contribution < 1.29 is 0 Å². The lowest BCUT2D eigenvalue weighted by Crippen LogP contribution is -1.91. The van der Waals surface area contributed by atoms with Crippen molar-refractivity contribution in [1.82, 2.24) is 9.78 Å². The molecule has 0 radical (unpaired) electrons. The van der Waals surface area contributed by atoms with Gasteiger partial charge in [0.2, 0.25) is 0 Å². The van der Waals surface area contributed by atoms with Gasteiger partial charge < -0.3 is 11.5 Å². The summed E-state index contributed by atoms with van der Waals surface area (Å²) >= 11 is 0. The predicted octanol–water partition coefficient (Wildman–Crippen LogP) is -0.416. The standard InChI is InChI=1S/C4H8N4/c1-8-2-3(5)4(6)7-8/h2H,5H2,1H3,(H2,6,7). The largest absolute Gasteiger partial charge is 0.394 e. The number of hydrogen-bond donors (Lipinski definition) is 2. The molecule has 0 saturated carbocycles. The van der Waals surface area contributed by atoms with Gasteiger partial charge in [-0.3, -0.25) is 4.68 Å². The Bertz CT molecular complexity index is 170. The van der Waals surface area contributed by atoms with Gasteiger partial charge >= 0.3 is 0 Å². The van der Waals surface area contributed by atoms with Crippen molar-refractivity contribution in [2.75, 3.05) is 11.5 Å². The number of aromatic nitrogens is 2. The summed E-state index contributed by atoms with van der Waals surface area (Å²) < 4.78 is 1.57. The predicted molar refractivity (Wildman–Crippen MR) is 32.0 cm³/mol. The van der Waals surface area contributed by atoms with E-state index in [-0.39, 0.29) is 0 Å². The van der Waals surface area contributed by atoms with Crippen LogP contribution in [0.2, 0.25) is 0 Å². The van der Waals surface area contributed by atoms with Crippen molar-refractivity contribution in [1.29, 1.82) is 0 Å². The zero-order chi connectivity index (χ0) is 6.15. The van der Waals surface area contributed by atoms with Crippen molar-refractivity contribution in [3.05, 3.63) is 6.20 Å². The summed E-state index contributed by atoms with van der Waals surface area (Å²) in [6.45, 7) is 0. The average Bonchev–Trinajstić information content (AvgIpc) is 1.85. The summed E-state index contributed by atoms with van der Waals surface area (Å²) in [4.78, 5) is 0. The lowest BCUT2D eigenvalue weighted by Gasteiger charge is -1.80. The van der Waals surface area contributed by atoms with E-state index in [0.29, 0.717) is 11.5 Å². The maximum Gasteiger partial charge on any atom is 0.168 e. The van der Waals surface area contributed by atoms with E-state index in [4.69, 9.17) is 11.5 Å². The molecule has 1 aromatic rings. The lowest BCUT2D eigenvalue weighted by atomic mass is 10.5. The highest BCUT2D eigenvalue weighted by atomic mass is 15.3. The molecule has 0 atom stereocenters. The molecule has 1 rings (SSSR count). The van der Waals surface area contributed by atoms with E-state index < -0.39 is 0 Å². The molecule has 0 bridgehead atoms. The van der Waals surface area contributed by atoms with Crippen molar-refractivity contribution in [2.45, 2.75) is 0 Å². The third-order valence-corrected chi connectivity index (χ3v) is 0.887. The molecule has 1 aromatic heterocycles. The molecule has 0 saturated heterocycles. The molecular formula is C4H8N4. The van der Waals surface area contributed by atoms with Crippen LogP contribution in [-0.2, 0) is 7.05 Å². The number of nitrogens with zero attached hydrogens (tertiary/aromatic N) is 2. The molecule has 8 heavy (non-hydrogen) atoms. The SMILES string of the molecule is Cn1cc(N)c(N)n1. The monoisotopic (exact) mass is 112 g/mol. The Morgan fingerprint density at radius 3 is 2.38 bits per heavy atom. The average molecular weight is 112 g/mol. The highest BCUT2D eigenvalue weighted by molar-refractivity contribution is 5.56. The molecule has 1 heterocycles. The topological polar surface area (TPSA) is 69.9 Å². The fourth-order valence-electron chi connectivity index (χ4n) is 0.524. The molecule has 0 fully saturated rings. The normalized spacial score (nSPS) is 9.62. The highest BCUT2D eigenvalue weighted by Crippen LogP contribution is 2.07. The molecule has 44 valence electrons. The molecule has 0 amide bonds.